The minimum Gasteiger partial charge on any atom is -0.381 e. The highest BCUT2D eigenvalue weighted by Crippen LogP contribution is 2.31. The summed E-state index contributed by atoms with van der Waals surface area (Å²) in [5.74, 6) is 0. The molecule has 2 heterocycles. The summed E-state index contributed by atoms with van der Waals surface area (Å²) in [5.41, 5.74) is 0.438. The van der Waals surface area contributed by atoms with E-state index in [0.29, 0.717) is 15.7 Å². The van der Waals surface area contributed by atoms with Gasteiger partial charge in [0.1, 0.15) is 6.10 Å². The summed E-state index contributed by atoms with van der Waals surface area (Å²) in [5, 5.41) is 10.9. The number of aromatic nitrogens is 1. The molecule has 0 saturated carbocycles. The summed E-state index contributed by atoms with van der Waals surface area (Å²) in [6.07, 6.45) is 0.690. The Morgan fingerprint density at radius 1 is 1.38 bits per heavy atom. The van der Waals surface area contributed by atoms with Gasteiger partial charge < -0.3 is 5.11 Å². The van der Waals surface area contributed by atoms with Crippen molar-refractivity contribution in [3.8, 4) is 0 Å². The summed E-state index contributed by atoms with van der Waals surface area (Å²) in [7, 11) is 0. The number of aliphatic hydroxyl groups excluding tert-OH is 1. The van der Waals surface area contributed by atoms with Crippen LogP contribution in [-0.2, 0) is 0 Å². The van der Waals surface area contributed by atoms with Crippen LogP contribution in [0.5, 0.6) is 0 Å². The van der Waals surface area contributed by atoms with Crippen LogP contribution in [0.3, 0.4) is 0 Å². The molecule has 2 nitrogen and oxygen atoms in total. The van der Waals surface area contributed by atoms with Crippen LogP contribution in [0.2, 0.25) is 10.0 Å². The Bertz CT molecular complexity index is 512. The van der Waals surface area contributed by atoms with Crippen molar-refractivity contribution in [3.63, 3.8) is 0 Å². The van der Waals surface area contributed by atoms with E-state index in [1.165, 1.54) is 17.5 Å². The molecule has 1 unspecified atom stereocenters. The summed E-state index contributed by atoms with van der Waals surface area (Å²) in [6.45, 7) is 1.98. The van der Waals surface area contributed by atoms with Crippen LogP contribution >= 0.6 is 34.5 Å². The molecule has 1 N–H and O–H groups in total. The molecule has 0 amide bonds. The van der Waals surface area contributed by atoms with Crippen molar-refractivity contribution in [2.45, 2.75) is 13.0 Å². The molecule has 1 atom stereocenters. The van der Waals surface area contributed by atoms with E-state index in [2.05, 4.69) is 4.98 Å². The van der Waals surface area contributed by atoms with Crippen molar-refractivity contribution >= 4 is 34.5 Å². The predicted molar refractivity (Wildman–Crippen MR) is 67.4 cm³/mol. The standard InChI is InChI=1S/C11H9Cl2NOS/c1-6-2-3-9(16-6)11(15)10-8(13)4-7(12)5-14-10/h2-5,11,15H,1H3. The smallest absolute Gasteiger partial charge is 0.132 e. The highest BCUT2D eigenvalue weighted by atomic mass is 35.5. The number of halogens is 2. The van der Waals surface area contributed by atoms with Gasteiger partial charge in [0.05, 0.1) is 15.7 Å². The van der Waals surface area contributed by atoms with Gasteiger partial charge in [-0.2, -0.15) is 0 Å². The van der Waals surface area contributed by atoms with Gasteiger partial charge in [0, 0.05) is 16.0 Å². The summed E-state index contributed by atoms with van der Waals surface area (Å²) in [4.78, 5) is 6.02. The molecule has 0 aromatic carbocycles. The monoisotopic (exact) mass is 273 g/mol. The Morgan fingerprint density at radius 3 is 2.69 bits per heavy atom. The van der Waals surface area contributed by atoms with Crippen LogP contribution in [0.4, 0.5) is 0 Å². The lowest BCUT2D eigenvalue weighted by atomic mass is 10.2. The third-order valence-corrected chi connectivity index (χ3v) is 3.69. The lowest BCUT2D eigenvalue weighted by molar-refractivity contribution is 0.219. The summed E-state index contributed by atoms with van der Waals surface area (Å²) < 4.78 is 0. The zero-order chi connectivity index (χ0) is 11.7. The van der Waals surface area contributed by atoms with Crippen molar-refractivity contribution in [3.05, 3.63) is 49.9 Å². The number of nitrogens with zero attached hydrogens (tertiary/aromatic N) is 1. The second-order valence-corrected chi connectivity index (χ2v) is 5.53. The Kier molecular flexibility index (Phi) is 3.50. The topological polar surface area (TPSA) is 33.1 Å². The first-order valence-electron chi connectivity index (χ1n) is 4.63. The van der Waals surface area contributed by atoms with Gasteiger partial charge in [0.25, 0.3) is 0 Å². The van der Waals surface area contributed by atoms with E-state index < -0.39 is 6.10 Å². The fraction of sp³-hybridized carbons (Fsp3) is 0.182. The predicted octanol–water partition coefficient (Wildman–Crippen LogP) is 3.84. The van der Waals surface area contributed by atoms with E-state index >= 15 is 0 Å². The van der Waals surface area contributed by atoms with E-state index in [0.717, 1.165) is 9.75 Å². The van der Waals surface area contributed by atoms with Crippen molar-refractivity contribution in [2.75, 3.05) is 0 Å². The molecule has 5 heteroatoms. The summed E-state index contributed by atoms with van der Waals surface area (Å²) in [6, 6.07) is 5.40. The van der Waals surface area contributed by atoms with Gasteiger partial charge in [-0.25, -0.2) is 0 Å². The first kappa shape index (κ1) is 11.9. The van der Waals surface area contributed by atoms with E-state index in [9.17, 15) is 5.11 Å². The number of aryl methyl sites for hydroxylation is 1. The third-order valence-electron chi connectivity index (χ3n) is 2.13. The highest BCUT2D eigenvalue weighted by Gasteiger charge is 2.17. The molecule has 84 valence electrons. The Morgan fingerprint density at radius 2 is 2.12 bits per heavy atom. The van der Waals surface area contributed by atoms with E-state index in [-0.39, 0.29) is 0 Å². The maximum absolute atomic E-state index is 10.1. The molecule has 2 aromatic rings. The minimum absolute atomic E-state index is 0.381. The second-order valence-electron chi connectivity index (χ2n) is 3.37. The molecule has 16 heavy (non-hydrogen) atoms. The first-order chi connectivity index (χ1) is 7.58. The number of thiophene rings is 1. The minimum atomic E-state index is -0.788. The Hall–Kier alpha value is -0.610. The zero-order valence-corrected chi connectivity index (χ0v) is 10.8. The number of pyridine rings is 1. The molecule has 0 fully saturated rings. The van der Waals surface area contributed by atoms with Crippen LogP contribution in [0.1, 0.15) is 21.6 Å². The normalized spacial score (nSPS) is 12.8. The number of rotatable bonds is 2. The molecule has 0 bridgehead atoms. The van der Waals surface area contributed by atoms with Crippen LogP contribution in [0.25, 0.3) is 0 Å². The molecular weight excluding hydrogens is 265 g/mol. The fourth-order valence-corrected chi connectivity index (χ4v) is 2.71. The van der Waals surface area contributed by atoms with Crippen molar-refractivity contribution < 1.29 is 5.11 Å². The maximum Gasteiger partial charge on any atom is 0.132 e. The largest absolute Gasteiger partial charge is 0.381 e. The lowest BCUT2D eigenvalue weighted by Crippen LogP contribution is -2.01. The van der Waals surface area contributed by atoms with Gasteiger partial charge >= 0.3 is 0 Å². The Balaban J connectivity index is 2.37. The van der Waals surface area contributed by atoms with Crippen LogP contribution in [-0.4, -0.2) is 10.1 Å². The molecule has 2 aromatic heterocycles. The van der Waals surface area contributed by atoms with Crippen molar-refractivity contribution in [2.24, 2.45) is 0 Å². The van der Waals surface area contributed by atoms with E-state index in [1.54, 1.807) is 6.07 Å². The summed E-state index contributed by atoms with van der Waals surface area (Å²) >= 11 is 13.2. The number of hydrogen-bond acceptors (Lipinski definition) is 3. The maximum atomic E-state index is 10.1. The van der Waals surface area contributed by atoms with Gasteiger partial charge in [0.2, 0.25) is 0 Å². The Labute approximate surface area is 107 Å². The second kappa shape index (κ2) is 4.72. The molecule has 0 aliphatic heterocycles. The van der Waals surface area contributed by atoms with Crippen LogP contribution in [0.15, 0.2) is 24.4 Å². The molecule has 0 radical (unpaired) electrons. The first-order valence-corrected chi connectivity index (χ1v) is 6.20. The SMILES string of the molecule is Cc1ccc(C(O)c2ncc(Cl)cc2Cl)s1. The van der Waals surface area contributed by atoms with Gasteiger partial charge in [0.15, 0.2) is 0 Å². The quantitative estimate of drug-likeness (QED) is 0.902. The molecule has 0 aliphatic rings. The van der Waals surface area contributed by atoms with Crippen LogP contribution < -0.4 is 0 Å². The van der Waals surface area contributed by atoms with Gasteiger partial charge in [-0.3, -0.25) is 4.98 Å². The van der Waals surface area contributed by atoms with Crippen LogP contribution in [0, 0.1) is 6.92 Å². The fourth-order valence-electron chi connectivity index (χ4n) is 1.36. The molecule has 0 saturated heterocycles. The van der Waals surface area contributed by atoms with Gasteiger partial charge in [-0.15, -0.1) is 11.3 Å². The average Bonchev–Trinajstić information content (AvgIpc) is 2.64. The zero-order valence-electron chi connectivity index (χ0n) is 8.45. The molecule has 0 spiro atoms. The van der Waals surface area contributed by atoms with Crippen molar-refractivity contribution in [1.29, 1.82) is 0 Å². The molecule has 2 rings (SSSR count). The molecule has 0 aliphatic carbocycles. The molecular formula is C11H9Cl2NOS. The van der Waals surface area contributed by atoms with E-state index in [1.807, 2.05) is 19.1 Å². The van der Waals surface area contributed by atoms with Crippen molar-refractivity contribution in [1.82, 2.24) is 4.98 Å². The number of hydrogen-bond donors (Lipinski definition) is 1. The van der Waals surface area contributed by atoms with Gasteiger partial charge in [-0.1, -0.05) is 23.2 Å². The third kappa shape index (κ3) is 2.38. The van der Waals surface area contributed by atoms with E-state index in [4.69, 9.17) is 23.2 Å². The highest BCUT2D eigenvalue weighted by molar-refractivity contribution is 7.12. The average molecular weight is 274 g/mol. The van der Waals surface area contributed by atoms with Gasteiger partial charge in [-0.05, 0) is 25.1 Å². The lowest BCUT2D eigenvalue weighted by Gasteiger charge is -2.09. The number of aliphatic hydroxyl groups is 1.